The minimum Gasteiger partial charge on any atom is -0.480 e. The molecule has 0 aliphatic carbocycles. The van der Waals surface area contributed by atoms with Crippen LogP contribution in [0, 0.1) is 5.92 Å². The van der Waals surface area contributed by atoms with E-state index in [0.717, 1.165) is 13.0 Å². The van der Waals surface area contributed by atoms with E-state index in [1.807, 2.05) is 25.7 Å². The van der Waals surface area contributed by atoms with Crippen LogP contribution in [0.25, 0.3) is 0 Å². The summed E-state index contributed by atoms with van der Waals surface area (Å²) in [6, 6.07) is -0.196. The van der Waals surface area contributed by atoms with E-state index in [4.69, 9.17) is 4.74 Å². The van der Waals surface area contributed by atoms with E-state index in [1.165, 1.54) is 0 Å². The molecule has 0 aromatic heterocycles. The summed E-state index contributed by atoms with van der Waals surface area (Å²) in [6.45, 7) is 6.87. The van der Waals surface area contributed by atoms with Crippen molar-refractivity contribution in [3.8, 4) is 0 Å². The zero-order valence-corrected chi connectivity index (χ0v) is 9.93. The maximum atomic E-state index is 11.2. The molecule has 1 rings (SSSR count). The van der Waals surface area contributed by atoms with Crippen molar-refractivity contribution in [1.82, 2.24) is 4.90 Å². The molecule has 0 amide bonds. The second kappa shape index (κ2) is 4.94. The summed E-state index contributed by atoms with van der Waals surface area (Å²) >= 11 is 0. The quantitative estimate of drug-likeness (QED) is 0.765. The molecule has 1 N–H and O–H groups in total. The summed E-state index contributed by atoms with van der Waals surface area (Å²) in [4.78, 5) is 13.2. The second-order valence-corrected chi connectivity index (χ2v) is 4.47. The third kappa shape index (κ3) is 2.49. The molecule has 88 valence electrons. The van der Waals surface area contributed by atoms with Crippen LogP contribution in [0.5, 0.6) is 0 Å². The van der Waals surface area contributed by atoms with Gasteiger partial charge in [0.05, 0.1) is 6.10 Å². The van der Waals surface area contributed by atoms with Crippen molar-refractivity contribution in [1.29, 1.82) is 0 Å². The molecule has 4 atom stereocenters. The highest BCUT2D eigenvalue weighted by molar-refractivity contribution is 5.74. The zero-order chi connectivity index (χ0) is 11.6. The molecule has 0 aromatic carbocycles. The van der Waals surface area contributed by atoms with E-state index in [-0.39, 0.29) is 24.1 Å². The fourth-order valence-corrected chi connectivity index (χ4v) is 2.29. The number of likely N-dealkylation sites (tertiary alicyclic amines) is 1. The van der Waals surface area contributed by atoms with Gasteiger partial charge in [0.25, 0.3) is 0 Å². The van der Waals surface area contributed by atoms with Gasteiger partial charge in [-0.3, -0.25) is 9.69 Å². The number of carboxylic acid groups (broad SMARTS) is 1. The Labute approximate surface area is 91.2 Å². The Bertz CT molecular complexity index is 232. The molecule has 0 radical (unpaired) electrons. The Hall–Kier alpha value is -0.610. The Morgan fingerprint density at radius 1 is 1.53 bits per heavy atom. The monoisotopic (exact) mass is 215 g/mol. The van der Waals surface area contributed by atoms with Crippen molar-refractivity contribution in [2.45, 2.75) is 45.4 Å². The molecule has 0 bridgehead atoms. The van der Waals surface area contributed by atoms with Gasteiger partial charge in [-0.05, 0) is 32.7 Å². The average Bonchev–Trinajstić information content (AvgIpc) is 2.57. The highest BCUT2D eigenvalue weighted by Crippen LogP contribution is 2.27. The van der Waals surface area contributed by atoms with Crippen LogP contribution in [-0.2, 0) is 9.53 Å². The highest BCUT2D eigenvalue weighted by Gasteiger charge is 2.40. The Morgan fingerprint density at radius 2 is 2.13 bits per heavy atom. The lowest BCUT2D eigenvalue weighted by Gasteiger charge is -2.32. The van der Waals surface area contributed by atoms with Crippen molar-refractivity contribution >= 4 is 5.97 Å². The first-order valence-electron chi connectivity index (χ1n) is 5.50. The number of carbonyl (C=O) groups is 1. The van der Waals surface area contributed by atoms with Crippen LogP contribution >= 0.6 is 0 Å². The Balaban J connectivity index is 2.72. The van der Waals surface area contributed by atoms with Crippen LogP contribution in [0.2, 0.25) is 0 Å². The van der Waals surface area contributed by atoms with Gasteiger partial charge in [-0.2, -0.15) is 0 Å². The van der Waals surface area contributed by atoms with Gasteiger partial charge < -0.3 is 9.84 Å². The molecule has 0 saturated carbocycles. The molecular formula is C11H21NO3. The molecule has 0 spiro atoms. The number of aliphatic carboxylic acids is 1. The maximum absolute atomic E-state index is 11.2. The molecule has 4 nitrogen and oxygen atoms in total. The van der Waals surface area contributed by atoms with E-state index in [0.29, 0.717) is 0 Å². The summed E-state index contributed by atoms with van der Waals surface area (Å²) in [6.07, 6.45) is 1.02. The highest BCUT2D eigenvalue weighted by atomic mass is 16.5. The van der Waals surface area contributed by atoms with Gasteiger partial charge in [0.2, 0.25) is 0 Å². The average molecular weight is 215 g/mol. The molecule has 1 aliphatic heterocycles. The summed E-state index contributed by atoms with van der Waals surface area (Å²) in [5.74, 6) is -0.482. The van der Waals surface area contributed by atoms with Crippen molar-refractivity contribution in [3.63, 3.8) is 0 Å². The van der Waals surface area contributed by atoms with E-state index in [1.54, 1.807) is 7.11 Å². The van der Waals surface area contributed by atoms with Crippen molar-refractivity contribution in [2.75, 3.05) is 13.7 Å². The number of methoxy groups -OCH3 is 1. The number of hydrogen-bond donors (Lipinski definition) is 1. The van der Waals surface area contributed by atoms with Gasteiger partial charge in [0.15, 0.2) is 0 Å². The summed E-state index contributed by atoms with van der Waals surface area (Å²) in [5, 5.41) is 9.17. The Morgan fingerprint density at radius 3 is 2.60 bits per heavy atom. The smallest absolute Gasteiger partial charge is 0.321 e. The molecule has 4 unspecified atom stereocenters. The molecule has 4 heteroatoms. The first-order chi connectivity index (χ1) is 6.99. The number of nitrogens with zero attached hydrogens (tertiary/aromatic N) is 1. The van der Waals surface area contributed by atoms with Crippen molar-refractivity contribution in [3.05, 3.63) is 0 Å². The number of hydrogen-bond acceptors (Lipinski definition) is 3. The Kier molecular flexibility index (Phi) is 4.11. The van der Waals surface area contributed by atoms with Gasteiger partial charge in [0.1, 0.15) is 6.04 Å². The van der Waals surface area contributed by atoms with Crippen LogP contribution in [0.15, 0.2) is 0 Å². The SMILES string of the molecule is COC(C)C(C)N1CCC(C)C1C(=O)O. The summed E-state index contributed by atoms with van der Waals surface area (Å²) in [5.41, 5.74) is 0. The predicted molar refractivity (Wildman–Crippen MR) is 57.8 cm³/mol. The van der Waals surface area contributed by atoms with Crippen LogP contribution < -0.4 is 0 Å². The van der Waals surface area contributed by atoms with Gasteiger partial charge in [-0.25, -0.2) is 0 Å². The van der Waals surface area contributed by atoms with Gasteiger partial charge >= 0.3 is 5.97 Å². The standard InChI is InChI=1S/C11H21NO3/c1-7-5-6-12(10(7)11(13)14)8(2)9(3)15-4/h7-10H,5-6H2,1-4H3,(H,13,14). The summed E-state index contributed by atoms with van der Waals surface area (Å²) < 4.78 is 5.25. The number of rotatable bonds is 4. The first kappa shape index (κ1) is 12.5. The molecule has 1 saturated heterocycles. The van der Waals surface area contributed by atoms with Crippen molar-refractivity contribution < 1.29 is 14.6 Å². The number of ether oxygens (including phenoxy) is 1. The molecule has 15 heavy (non-hydrogen) atoms. The normalized spacial score (nSPS) is 31.5. The third-order valence-corrected chi connectivity index (χ3v) is 3.57. The second-order valence-electron chi connectivity index (χ2n) is 4.47. The molecule has 1 fully saturated rings. The van der Waals surface area contributed by atoms with E-state index in [2.05, 4.69) is 0 Å². The van der Waals surface area contributed by atoms with E-state index >= 15 is 0 Å². The predicted octanol–water partition coefficient (Wildman–Crippen LogP) is 1.20. The fourth-order valence-electron chi connectivity index (χ4n) is 2.29. The molecule has 0 aromatic rings. The van der Waals surface area contributed by atoms with Gasteiger partial charge in [-0.1, -0.05) is 6.92 Å². The van der Waals surface area contributed by atoms with E-state index in [9.17, 15) is 9.90 Å². The number of carboxylic acids is 1. The lowest BCUT2D eigenvalue weighted by atomic mass is 10.0. The summed E-state index contributed by atoms with van der Waals surface area (Å²) in [7, 11) is 1.66. The molecular weight excluding hydrogens is 194 g/mol. The largest absolute Gasteiger partial charge is 0.480 e. The van der Waals surface area contributed by atoms with Crippen LogP contribution in [-0.4, -0.2) is 47.8 Å². The van der Waals surface area contributed by atoms with Gasteiger partial charge in [0, 0.05) is 13.2 Å². The molecule has 1 heterocycles. The minimum absolute atomic E-state index is 0.0668. The lowest BCUT2D eigenvalue weighted by Crippen LogP contribution is -2.48. The van der Waals surface area contributed by atoms with Crippen LogP contribution in [0.1, 0.15) is 27.2 Å². The van der Waals surface area contributed by atoms with E-state index < -0.39 is 5.97 Å². The third-order valence-electron chi connectivity index (χ3n) is 3.57. The first-order valence-corrected chi connectivity index (χ1v) is 5.50. The lowest BCUT2D eigenvalue weighted by molar-refractivity contribution is -0.145. The fraction of sp³-hybridized carbons (Fsp3) is 0.909. The topological polar surface area (TPSA) is 49.8 Å². The van der Waals surface area contributed by atoms with Gasteiger partial charge in [-0.15, -0.1) is 0 Å². The minimum atomic E-state index is -0.713. The van der Waals surface area contributed by atoms with Crippen LogP contribution in [0.4, 0.5) is 0 Å². The van der Waals surface area contributed by atoms with Crippen LogP contribution in [0.3, 0.4) is 0 Å². The maximum Gasteiger partial charge on any atom is 0.321 e. The zero-order valence-electron chi connectivity index (χ0n) is 9.93. The van der Waals surface area contributed by atoms with Crippen molar-refractivity contribution in [2.24, 2.45) is 5.92 Å². The molecule has 1 aliphatic rings.